The number of amides is 1. The van der Waals surface area contributed by atoms with Crippen molar-refractivity contribution in [3.8, 4) is 0 Å². The number of carbonyl (C=O) groups is 1. The smallest absolute Gasteiger partial charge is 0.232 e. The zero-order valence-corrected chi connectivity index (χ0v) is 12.8. The lowest BCUT2D eigenvalue weighted by atomic mass is 10.1. The molecule has 0 radical (unpaired) electrons. The van der Waals surface area contributed by atoms with Crippen LogP contribution in [0.4, 0.5) is 0 Å². The van der Waals surface area contributed by atoms with Crippen molar-refractivity contribution in [3.05, 3.63) is 21.9 Å². The number of fused-ring (bicyclic) bond motifs is 1. The second kappa shape index (κ2) is 6.62. The fourth-order valence-electron chi connectivity index (χ4n) is 2.03. The molecule has 1 aliphatic rings. The lowest BCUT2D eigenvalue weighted by Gasteiger charge is -2.27. The van der Waals surface area contributed by atoms with Gasteiger partial charge in [-0.15, -0.1) is 11.3 Å². The van der Waals surface area contributed by atoms with Crippen LogP contribution in [0.2, 0.25) is 0 Å². The SMILES string of the molecule is CC(C)CCSCC(=O)N1CCc2sccc2C1. The standard InChI is InChI=1S/C14H21NOS2/c1-11(2)4-7-17-10-14(16)15-6-3-13-12(9-15)5-8-18-13/h5,8,11H,3-4,6-7,9-10H2,1-2H3. The first-order valence-corrected chi connectivity index (χ1v) is 8.61. The molecule has 0 spiro atoms. The van der Waals surface area contributed by atoms with Crippen LogP contribution in [-0.4, -0.2) is 28.9 Å². The van der Waals surface area contributed by atoms with Crippen LogP contribution in [0.3, 0.4) is 0 Å². The van der Waals surface area contributed by atoms with E-state index < -0.39 is 0 Å². The van der Waals surface area contributed by atoms with Crippen LogP contribution in [0.15, 0.2) is 11.4 Å². The summed E-state index contributed by atoms with van der Waals surface area (Å²) in [6, 6.07) is 2.16. The van der Waals surface area contributed by atoms with Gasteiger partial charge in [0.2, 0.25) is 5.91 Å². The summed E-state index contributed by atoms with van der Waals surface area (Å²) in [5.41, 5.74) is 1.35. The normalized spacial score (nSPS) is 14.9. The van der Waals surface area contributed by atoms with Crippen molar-refractivity contribution in [1.29, 1.82) is 0 Å². The molecule has 4 heteroatoms. The average molecular weight is 283 g/mol. The minimum absolute atomic E-state index is 0.306. The number of rotatable bonds is 5. The maximum absolute atomic E-state index is 12.1. The third-order valence-corrected chi connectivity index (χ3v) is 5.22. The van der Waals surface area contributed by atoms with Crippen molar-refractivity contribution in [2.24, 2.45) is 5.92 Å². The minimum Gasteiger partial charge on any atom is -0.337 e. The Kier molecular flexibility index (Phi) is 5.13. The Bertz CT molecular complexity index is 400. The molecule has 0 saturated heterocycles. The molecule has 1 aromatic rings. The molecule has 0 unspecified atom stereocenters. The Morgan fingerprint density at radius 2 is 2.39 bits per heavy atom. The van der Waals surface area contributed by atoms with Gasteiger partial charge in [-0.2, -0.15) is 11.8 Å². The van der Waals surface area contributed by atoms with Gasteiger partial charge in [-0.25, -0.2) is 0 Å². The number of hydrogen-bond acceptors (Lipinski definition) is 3. The first-order chi connectivity index (χ1) is 8.66. The Morgan fingerprint density at radius 1 is 1.56 bits per heavy atom. The van der Waals surface area contributed by atoms with Gasteiger partial charge in [-0.1, -0.05) is 13.8 Å². The number of thioether (sulfide) groups is 1. The molecule has 0 fully saturated rings. The highest BCUT2D eigenvalue weighted by atomic mass is 32.2. The molecule has 0 aromatic carbocycles. The molecule has 2 rings (SSSR count). The third kappa shape index (κ3) is 3.75. The number of hydrogen-bond donors (Lipinski definition) is 0. The molecular formula is C14H21NOS2. The van der Waals surface area contributed by atoms with E-state index in [9.17, 15) is 4.79 Å². The first kappa shape index (κ1) is 13.9. The van der Waals surface area contributed by atoms with E-state index in [2.05, 4.69) is 25.3 Å². The third-order valence-electron chi connectivity index (χ3n) is 3.23. The van der Waals surface area contributed by atoms with Crippen molar-refractivity contribution in [1.82, 2.24) is 4.90 Å². The van der Waals surface area contributed by atoms with Crippen LogP contribution >= 0.6 is 23.1 Å². The molecule has 0 N–H and O–H groups in total. The zero-order valence-electron chi connectivity index (χ0n) is 11.1. The highest BCUT2D eigenvalue weighted by Gasteiger charge is 2.20. The second-order valence-electron chi connectivity index (χ2n) is 5.17. The van der Waals surface area contributed by atoms with E-state index in [4.69, 9.17) is 0 Å². The summed E-state index contributed by atoms with van der Waals surface area (Å²) in [7, 11) is 0. The number of nitrogens with zero attached hydrogens (tertiary/aromatic N) is 1. The summed E-state index contributed by atoms with van der Waals surface area (Å²) < 4.78 is 0. The van der Waals surface area contributed by atoms with Crippen molar-refractivity contribution in [2.45, 2.75) is 33.2 Å². The molecule has 1 aliphatic heterocycles. The Labute approximate surface area is 118 Å². The molecule has 0 atom stereocenters. The lowest BCUT2D eigenvalue weighted by Crippen LogP contribution is -2.36. The van der Waals surface area contributed by atoms with Crippen molar-refractivity contribution in [3.63, 3.8) is 0 Å². The zero-order chi connectivity index (χ0) is 13.0. The van der Waals surface area contributed by atoms with E-state index in [1.807, 2.05) is 16.2 Å². The van der Waals surface area contributed by atoms with Crippen LogP contribution in [-0.2, 0) is 17.8 Å². The molecular weight excluding hydrogens is 262 g/mol. The van der Waals surface area contributed by atoms with E-state index >= 15 is 0 Å². The maximum atomic E-state index is 12.1. The first-order valence-electron chi connectivity index (χ1n) is 6.57. The van der Waals surface area contributed by atoms with Gasteiger partial charge in [0.05, 0.1) is 5.75 Å². The van der Waals surface area contributed by atoms with Crippen LogP contribution in [0.5, 0.6) is 0 Å². The Balaban J connectivity index is 1.74. The van der Waals surface area contributed by atoms with Gasteiger partial charge < -0.3 is 4.90 Å². The van der Waals surface area contributed by atoms with E-state index in [1.165, 1.54) is 16.9 Å². The monoisotopic (exact) mass is 283 g/mol. The maximum Gasteiger partial charge on any atom is 0.232 e. The predicted octanol–water partition coefficient (Wildman–Crippen LogP) is 3.41. The van der Waals surface area contributed by atoms with Crippen molar-refractivity contribution in [2.75, 3.05) is 18.1 Å². The van der Waals surface area contributed by atoms with Crippen LogP contribution in [0.25, 0.3) is 0 Å². The van der Waals surface area contributed by atoms with Gasteiger partial charge in [0.15, 0.2) is 0 Å². The van der Waals surface area contributed by atoms with E-state index in [0.717, 1.165) is 31.2 Å². The molecule has 1 amide bonds. The van der Waals surface area contributed by atoms with Crippen LogP contribution in [0.1, 0.15) is 30.7 Å². The topological polar surface area (TPSA) is 20.3 Å². The Hall–Kier alpha value is -0.480. The van der Waals surface area contributed by atoms with E-state index in [0.29, 0.717) is 11.7 Å². The predicted molar refractivity (Wildman–Crippen MR) is 80.2 cm³/mol. The summed E-state index contributed by atoms with van der Waals surface area (Å²) in [6.45, 7) is 6.18. The lowest BCUT2D eigenvalue weighted by molar-refractivity contribution is -0.129. The summed E-state index contributed by atoms with van der Waals surface area (Å²) in [5, 5.41) is 2.13. The van der Waals surface area contributed by atoms with Crippen molar-refractivity contribution < 1.29 is 4.79 Å². The fraction of sp³-hybridized carbons (Fsp3) is 0.643. The van der Waals surface area contributed by atoms with Gasteiger partial charge in [0.1, 0.15) is 0 Å². The molecule has 100 valence electrons. The quantitative estimate of drug-likeness (QED) is 0.772. The average Bonchev–Trinajstić information content (AvgIpc) is 2.81. The summed E-state index contributed by atoms with van der Waals surface area (Å²) in [6.07, 6.45) is 2.24. The highest BCUT2D eigenvalue weighted by Crippen LogP contribution is 2.24. The molecule has 2 nitrogen and oxygen atoms in total. The van der Waals surface area contributed by atoms with E-state index in [-0.39, 0.29) is 0 Å². The van der Waals surface area contributed by atoms with Crippen molar-refractivity contribution >= 4 is 29.0 Å². The summed E-state index contributed by atoms with van der Waals surface area (Å²) in [4.78, 5) is 15.6. The van der Waals surface area contributed by atoms with Gasteiger partial charge >= 0.3 is 0 Å². The van der Waals surface area contributed by atoms with E-state index in [1.54, 1.807) is 11.8 Å². The summed E-state index contributed by atoms with van der Waals surface area (Å²) in [5.74, 6) is 2.78. The molecule has 1 aromatic heterocycles. The fourth-order valence-corrected chi connectivity index (χ4v) is 4.06. The van der Waals surface area contributed by atoms with Gasteiger partial charge in [0, 0.05) is 18.0 Å². The molecule has 18 heavy (non-hydrogen) atoms. The van der Waals surface area contributed by atoms with Gasteiger partial charge in [0.25, 0.3) is 0 Å². The second-order valence-corrected chi connectivity index (χ2v) is 7.28. The number of carbonyl (C=O) groups excluding carboxylic acids is 1. The minimum atomic E-state index is 0.306. The van der Waals surface area contributed by atoms with Crippen LogP contribution < -0.4 is 0 Å². The molecule has 0 aliphatic carbocycles. The number of thiophene rings is 1. The molecule has 0 saturated carbocycles. The molecule has 0 bridgehead atoms. The summed E-state index contributed by atoms with van der Waals surface area (Å²) >= 11 is 3.60. The Morgan fingerprint density at radius 3 is 3.17 bits per heavy atom. The largest absolute Gasteiger partial charge is 0.337 e. The molecule has 2 heterocycles. The van der Waals surface area contributed by atoms with Gasteiger partial charge in [-0.3, -0.25) is 4.79 Å². The highest BCUT2D eigenvalue weighted by molar-refractivity contribution is 7.99. The van der Waals surface area contributed by atoms with Crippen LogP contribution in [0, 0.1) is 5.92 Å². The van der Waals surface area contributed by atoms with Gasteiger partial charge in [-0.05, 0) is 41.5 Å².